The van der Waals surface area contributed by atoms with E-state index in [1.165, 1.54) is 58.0 Å². The monoisotopic (exact) mass is 694 g/mol. The van der Waals surface area contributed by atoms with E-state index in [2.05, 4.69) is 124 Å². The molecule has 0 atom stereocenters. The van der Waals surface area contributed by atoms with Gasteiger partial charge in [-0.1, -0.05) is 127 Å². The number of aliphatic imine (C=N–C) groups is 1. The largest absolute Gasteiger partial charge is 0.309 e. The van der Waals surface area contributed by atoms with Crippen molar-refractivity contribution in [1.82, 2.24) is 9.13 Å². The molecule has 1 N–H and O–H groups in total. The third kappa shape index (κ3) is 4.48. The highest BCUT2D eigenvalue weighted by Crippen LogP contribution is 2.45. The number of fused-ring (bicyclic) bond motifs is 12. The normalized spacial score (nSPS) is 12.2. The Balaban J connectivity index is 1.25. The first kappa shape index (κ1) is 29.9. The Morgan fingerprint density at radius 1 is 0.547 bits per heavy atom. The second-order valence-corrected chi connectivity index (χ2v) is 14.6. The number of hydrogen-bond acceptors (Lipinski definition) is 3. The van der Waals surface area contributed by atoms with Crippen LogP contribution < -0.4 is 0 Å². The summed E-state index contributed by atoms with van der Waals surface area (Å²) in [5.41, 5.74) is 8.54. The van der Waals surface area contributed by atoms with Gasteiger partial charge in [-0.25, -0.2) is 4.99 Å². The number of rotatable bonds is 5. The molecule has 11 rings (SSSR count). The summed E-state index contributed by atoms with van der Waals surface area (Å²) in [5, 5.41) is 19.0. The summed E-state index contributed by atoms with van der Waals surface area (Å²) in [6.45, 7) is 0. The van der Waals surface area contributed by atoms with Crippen LogP contribution in [-0.2, 0) is 0 Å². The summed E-state index contributed by atoms with van der Waals surface area (Å²) in [4.78, 5) is 5.20. The van der Waals surface area contributed by atoms with Gasteiger partial charge in [-0.15, -0.1) is 11.3 Å². The minimum absolute atomic E-state index is 0.452. The summed E-state index contributed by atoms with van der Waals surface area (Å²) >= 11 is 1.85. The fraction of sp³-hybridized carbons (Fsp3) is 0. The van der Waals surface area contributed by atoms with E-state index in [9.17, 15) is 0 Å². The van der Waals surface area contributed by atoms with Gasteiger partial charge in [0.1, 0.15) is 6.34 Å². The molecule has 0 spiro atoms. The molecule has 0 saturated carbocycles. The second-order valence-electron chi connectivity index (χ2n) is 13.5. The van der Waals surface area contributed by atoms with Crippen molar-refractivity contribution in [2.24, 2.45) is 4.99 Å². The molecule has 3 heterocycles. The van der Waals surface area contributed by atoms with Crippen LogP contribution in [0.4, 0.5) is 5.69 Å². The zero-order valence-corrected chi connectivity index (χ0v) is 29.3. The number of benzene rings is 8. The quantitative estimate of drug-likeness (QED) is 0.138. The van der Waals surface area contributed by atoms with Crippen molar-refractivity contribution >= 4 is 104 Å². The molecular weight excluding hydrogens is 665 g/mol. The second kappa shape index (κ2) is 11.6. The van der Waals surface area contributed by atoms with E-state index in [-0.39, 0.29) is 0 Å². The minimum Gasteiger partial charge on any atom is -0.309 e. The van der Waals surface area contributed by atoms with E-state index in [1.54, 1.807) is 0 Å². The number of nitrogens with zero attached hydrogens (tertiary/aromatic N) is 3. The Labute approximate surface area is 308 Å². The predicted octanol–water partition coefficient (Wildman–Crippen LogP) is 13.0. The lowest BCUT2D eigenvalue weighted by atomic mass is 10.0. The van der Waals surface area contributed by atoms with E-state index >= 15 is 0 Å². The van der Waals surface area contributed by atoms with Gasteiger partial charge in [-0.3, -0.25) is 9.98 Å². The average Bonchev–Trinajstić information content (AvgIpc) is 3.87. The van der Waals surface area contributed by atoms with E-state index in [0.717, 1.165) is 39.1 Å². The molecular formula is C48H30N4S. The van der Waals surface area contributed by atoms with Crippen LogP contribution in [0.5, 0.6) is 0 Å². The molecule has 0 aliphatic heterocycles. The topological polar surface area (TPSA) is 46.1 Å². The molecule has 248 valence electrons. The van der Waals surface area contributed by atoms with E-state index < -0.39 is 0 Å². The van der Waals surface area contributed by atoms with Gasteiger partial charge in [-0.05, 0) is 53.2 Å². The van der Waals surface area contributed by atoms with E-state index in [1.807, 2.05) is 72.3 Å². The lowest BCUT2D eigenvalue weighted by Crippen LogP contribution is -2.02. The third-order valence-electron chi connectivity index (χ3n) is 10.6. The van der Waals surface area contributed by atoms with E-state index in [0.29, 0.717) is 5.71 Å². The fourth-order valence-electron chi connectivity index (χ4n) is 8.24. The van der Waals surface area contributed by atoms with Gasteiger partial charge in [0, 0.05) is 53.8 Å². The van der Waals surface area contributed by atoms with Crippen LogP contribution in [-0.4, -0.2) is 21.2 Å². The predicted molar refractivity (Wildman–Crippen MR) is 227 cm³/mol. The molecule has 3 aromatic heterocycles. The third-order valence-corrected chi connectivity index (χ3v) is 11.8. The molecule has 0 aliphatic carbocycles. The van der Waals surface area contributed by atoms with Crippen molar-refractivity contribution in [3.05, 3.63) is 181 Å². The maximum Gasteiger partial charge on any atom is 0.100 e. The van der Waals surface area contributed by atoms with Crippen LogP contribution in [0.2, 0.25) is 0 Å². The Morgan fingerprint density at radius 3 is 2.11 bits per heavy atom. The average molecular weight is 695 g/mol. The zero-order chi connectivity index (χ0) is 35.0. The van der Waals surface area contributed by atoms with Crippen molar-refractivity contribution in [3.8, 4) is 5.69 Å². The molecule has 0 saturated heterocycles. The Bertz CT molecular complexity index is 3290. The Morgan fingerprint density at radius 2 is 1.25 bits per heavy atom. The number of thiophene rings is 1. The van der Waals surface area contributed by atoms with Gasteiger partial charge in [0.05, 0.1) is 38.2 Å². The zero-order valence-electron chi connectivity index (χ0n) is 28.5. The first-order chi connectivity index (χ1) is 26.2. The summed E-state index contributed by atoms with van der Waals surface area (Å²) in [6, 6.07) is 59.7. The number of aromatic nitrogens is 2. The van der Waals surface area contributed by atoms with Gasteiger partial charge in [0.2, 0.25) is 0 Å². The standard InChI is InChI=1S/C48H30N4S/c49-46(31-14-3-1-4-15-31)36-20-9-11-21-40(36)50-29-51-42-28-43-38(34-19-10-12-22-41(34)52(43)32-16-5-2-6-17-32)27-39(42)35-24-25-37-45-33-18-8-7-13-30(33)23-26-44(45)53-48(37)47(35)51/h1-29,49H. The molecule has 0 fully saturated rings. The van der Waals surface area contributed by atoms with Crippen LogP contribution in [0, 0.1) is 5.41 Å². The van der Waals surface area contributed by atoms with Gasteiger partial charge in [0.15, 0.2) is 0 Å². The van der Waals surface area contributed by atoms with Gasteiger partial charge >= 0.3 is 0 Å². The Kier molecular flexibility index (Phi) is 6.54. The molecule has 5 heteroatoms. The van der Waals surface area contributed by atoms with Crippen molar-refractivity contribution in [2.45, 2.75) is 0 Å². The van der Waals surface area contributed by atoms with Crippen molar-refractivity contribution in [3.63, 3.8) is 0 Å². The fourth-order valence-corrected chi connectivity index (χ4v) is 9.51. The van der Waals surface area contributed by atoms with Gasteiger partial charge < -0.3 is 4.57 Å². The minimum atomic E-state index is 0.452. The summed E-state index contributed by atoms with van der Waals surface area (Å²) in [5.74, 6) is 0. The Hall–Kier alpha value is -6.82. The highest BCUT2D eigenvalue weighted by Gasteiger charge is 2.21. The number of hydrogen-bond donors (Lipinski definition) is 1. The molecule has 0 bridgehead atoms. The lowest BCUT2D eigenvalue weighted by molar-refractivity contribution is 1.18. The van der Waals surface area contributed by atoms with Gasteiger partial charge in [-0.2, -0.15) is 0 Å². The van der Waals surface area contributed by atoms with Crippen molar-refractivity contribution < 1.29 is 0 Å². The molecule has 4 nitrogen and oxygen atoms in total. The SMILES string of the molecule is N=C(c1ccccc1)c1ccccc1N=Cn1c2cc3c(cc2c2ccc4c(sc5ccc6ccccc6c54)c21)c1ccccc1n3-c1ccccc1. The van der Waals surface area contributed by atoms with Crippen LogP contribution in [0.3, 0.4) is 0 Å². The highest BCUT2D eigenvalue weighted by atomic mass is 32.1. The molecule has 53 heavy (non-hydrogen) atoms. The lowest BCUT2D eigenvalue weighted by Gasteiger charge is -2.09. The maximum absolute atomic E-state index is 9.13. The van der Waals surface area contributed by atoms with Crippen LogP contribution >= 0.6 is 11.3 Å². The molecule has 0 aliphatic rings. The summed E-state index contributed by atoms with van der Waals surface area (Å²) in [7, 11) is 0. The number of para-hydroxylation sites is 3. The maximum atomic E-state index is 9.13. The van der Waals surface area contributed by atoms with E-state index in [4.69, 9.17) is 10.4 Å². The molecule has 8 aromatic carbocycles. The summed E-state index contributed by atoms with van der Waals surface area (Å²) in [6.07, 6.45) is 1.98. The molecule has 0 amide bonds. The van der Waals surface area contributed by atoms with Crippen molar-refractivity contribution in [2.75, 3.05) is 0 Å². The van der Waals surface area contributed by atoms with Crippen LogP contribution in [0.1, 0.15) is 11.1 Å². The first-order valence-corrected chi connectivity index (χ1v) is 18.6. The molecule has 11 aromatic rings. The number of nitrogens with one attached hydrogen (secondary N) is 1. The highest BCUT2D eigenvalue weighted by molar-refractivity contribution is 7.26. The first-order valence-electron chi connectivity index (χ1n) is 17.8. The molecule has 0 radical (unpaired) electrons. The molecule has 0 unspecified atom stereocenters. The van der Waals surface area contributed by atoms with Crippen LogP contribution in [0.25, 0.3) is 80.2 Å². The van der Waals surface area contributed by atoms with Crippen LogP contribution in [0.15, 0.2) is 175 Å². The van der Waals surface area contributed by atoms with Crippen molar-refractivity contribution in [1.29, 1.82) is 5.41 Å². The summed E-state index contributed by atoms with van der Waals surface area (Å²) < 4.78 is 7.18. The van der Waals surface area contributed by atoms with Gasteiger partial charge in [0.25, 0.3) is 0 Å². The smallest absolute Gasteiger partial charge is 0.100 e.